The van der Waals surface area contributed by atoms with Crippen LogP contribution < -0.4 is 0 Å². The first-order valence-corrected chi connectivity index (χ1v) is 6.28. The molecule has 0 heterocycles. The van der Waals surface area contributed by atoms with E-state index < -0.39 is 0 Å². The molecule has 1 aromatic carbocycles. The van der Waals surface area contributed by atoms with Crippen molar-refractivity contribution in [3.05, 3.63) is 35.6 Å². The van der Waals surface area contributed by atoms with E-state index in [0.717, 1.165) is 19.3 Å². The zero-order chi connectivity index (χ0) is 12.1. The summed E-state index contributed by atoms with van der Waals surface area (Å²) in [4.78, 5) is 0. The van der Waals surface area contributed by atoms with Crippen LogP contribution in [0.3, 0.4) is 0 Å². The highest BCUT2D eigenvalue weighted by molar-refractivity contribution is 5.16. The molecule has 0 aliphatic heterocycles. The Balaban J connectivity index is 1.87. The highest BCUT2D eigenvalue weighted by Crippen LogP contribution is 2.26. The van der Waals surface area contributed by atoms with Gasteiger partial charge in [0.25, 0.3) is 0 Å². The molecule has 0 unspecified atom stereocenters. The fraction of sp³-hybridized carbons (Fsp3) is 0.571. The summed E-state index contributed by atoms with van der Waals surface area (Å²) in [5.74, 6) is -0.196. The first-order chi connectivity index (χ1) is 8.31. The van der Waals surface area contributed by atoms with E-state index in [4.69, 9.17) is 9.47 Å². The van der Waals surface area contributed by atoms with Crippen molar-refractivity contribution >= 4 is 0 Å². The second-order valence-electron chi connectivity index (χ2n) is 4.37. The van der Waals surface area contributed by atoms with Gasteiger partial charge in [-0.2, -0.15) is 0 Å². The largest absolute Gasteiger partial charge is 0.376 e. The third-order valence-corrected chi connectivity index (χ3v) is 3.18. The molecule has 0 N–H and O–H groups in total. The molecule has 1 saturated carbocycles. The number of halogens is 1. The van der Waals surface area contributed by atoms with E-state index in [1.54, 1.807) is 12.1 Å². The second-order valence-corrected chi connectivity index (χ2v) is 4.37. The normalized spacial score (nSPS) is 24.1. The Morgan fingerprint density at radius 2 is 1.88 bits per heavy atom. The Morgan fingerprint density at radius 3 is 2.59 bits per heavy atom. The van der Waals surface area contributed by atoms with Crippen LogP contribution >= 0.6 is 0 Å². The lowest BCUT2D eigenvalue weighted by Gasteiger charge is -2.20. The average molecular weight is 238 g/mol. The number of ether oxygens (including phenoxy) is 2. The molecule has 0 saturated heterocycles. The standard InChI is InChI=1S/C14H19FO2/c1-2-16-13-8-5-9-14(13)17-10-11-6-3-4-7-12(11)15/h3-4,6-7,13-14H,2,5,8-10H2,1H3/t13-,14+/m0/s1. The summed E-state index contributed by atoms with van der Waals surface area (Å²) < 4.78 is 24.8. The number of benzene rings is 1. The van der Waals surface area contributed by atoms with E-state index in [9.17, 15) is 4.39 Å². The zero-order valence-corrected chi connectivity index (χ0v) is 10.2. The molecule has 1 fully saturated rings. The van der Waals surface area contributed by atoms with Crippen molar-refractivity contribution in [2.24, 2.45) is 0 Å². The zero-order valence-electron chi connectivity index (χ0n) is 10.2. The summed E-state index contributed by atoms with van der Waals surface area (Å²) in [6.45, 7) is 3.04. The van der Waals surface area contributed by atoms with E-state index in [0.29, 0.717) is 18.8 Å². The van der Waals surface area contributed by atoms with Gasteiger partial charge in [0.15, 0.2) is 0 Å². The van der Waals surface area contributed by atoms with Crippen molar-refractivity contribution in [2.75, 3.05) is 6.61 Å². The molecular formula is C14H19FO2. The maximum Gasteiger partial charge on any atom is 0.128 e. The van der Waals surface area contributed by atoms with Crippen LogP contribution in [0.1, 0.15) is 31.7 Å². The SMILES string of the molecule is CCO[C@H]1CCC[C@H]1OCc1ccccc1F. The Bertz CT molecular complexity index is 354. The Labute approximate surface area is 102 Å². The molecule has 3 heteroatoms. The molecule has 1 aliphatic carbocycles. The second kappa shape index (κ2) is 6.12. The van der Waals surface area contributed by atoms with Crippen LogP contribution in [0, 0.1) is 5.82 Å². The van der Waals surface area contributed by atoms with Gasteiger partial charge in [0.2, 0.25) is 0 Å². The lowest BCUT2D eigenvalue weighted by Crippen LogP contribution is -2.26. The van der Waals surface area contributed by atoms with Crippen molar-refractivity contribution in [1.29, 1.82) is 0 Å². The van der Waals surface area contributed by atoms with Gasteiger partial charge in [0.05, 0.1) is 18.8 Å². The topological polar surface area (TPSA) is 18.5 Å². The first-order valence-electron chi connectivity index (χ1n) is 6.28. The van der Waals surface area contributed by atoms with Crippen molar-refractivity contribution in [3.8, 4) is 0 Å². The summed E-state index contributed by atoms with van der Waals surface area (Å²) in [5, 5.41) is 0. The van der Waals surface area contributed by atoms with E-state index in [2.05, 4.69) is 0 Å². The van der Waals surface area contributed by atoms with Crippen molar-refractivity contribution in [1.82, 2.24) is 0 Å². The smallest absolute Gasteiger partial charge is 0.128 e. The van der Waals surface area contributed by atoms with Crippen LogP contribution in [0.2, 0.25) is 0 Å². The van der Waals surface area contributed by atoms with Crippen LogP contribution in [-0.4, -0.2) is 18.8 Å². The van der Waals surface area contributed by atoms with Crippen LogP contribution in [0.4, 0.5) is 4.39 Å². The number of hydrogen-bond donors (Lipinski definition) is 0. The molecule has 0 bridgehead atoms. The summed E-state index contributed by atoms with van der Waals surface area (Å²) in [7, 11) is 0. The predicted octanol–water partition coefficient (Wildman–Crippen LogP) is 3.30. The Kier molecular flexibility index (Phi) is 4.51. The summed E-state index contributed by atoms with van der Waals surface area (Å²) in [5.41, 5.74) is 0.620. The molecule has 17 heavy (non-hydrogen) atoms. The van der Waals surface area contributed by atoms with E-state index in [1.165, 1.54) is 6.07 Å². The van der Waals surface area contributed by atoms with Gasteiger partial charge in [-0.1, -0.05) is 18.2 Å². The first kappa shape index (κ1) is 12.5. The molecule has 0 aromatic heterocycles. The van der Waals surface area contributed by atoms with Gasteiger partial charge in [0, 0.05) is 12.2 Å². The lowest BCUT2D eigenvalue weighted by atomic mass is 10.2. The van der Waals surface area contributed by atoms with Gasteiger partial charge in [-0.25, -0.2) is 4.39 Å². The van der Waals surface area contributed by atoms with Crippen LogP contribution in [0.15, 0.2) is 24.3 Å². The minimum atomic E-state index is -0.196. The summed E-state index contributed by atoms with van der Waals surface area (Å²) in [6, 6.07) is 6.75. The van der Waals surface area contributed by atoms with E-state index in [1.807, 2.05) is 13.0 Å². The lowest BCUT2D eigenvalue weighted by molar-refractivity contribution is -0.0598. The quantitative estimate of drug-likeness (QED) is 0.783. The van der Waals surface area contributed by atoms with Gasteiger partial charge >= 0.3 is 0 Å². The number of rotatable bonds is 5. The van der Waals surface area contributed by atoms with Crippen molar-refractivity contribution in [3.63, 3.8) is 0 Å². The molecular weight excluding hydrogens is 219 g/mol. The highest BCUT2D eigenvalue weighted by Gasteiger charge is 2.28. The molecule has 1 aliphatic rings. The van der Waals surface area contributed by atoms with Gasteiger partial charge in [-0.05, 0) is 32.3 Å². The molecule has 2 atom stereocenters. The fourth-order valence-electron chi connectivity index (χ4n) is 2.30. The predicted molar refractivity (Wildman–Crippen MR) is 64.2 cm³/mol. The monoisotopic (exact) mass is 238 g/mol. The third kappa shape index (κ3) is 3.27. The van der Waals surface area contributed by atoms with Crippen LogP contribution in [0.25, 0.3) is 0 Å². The highest BCUT2D eigenvalue weighted by atomic mass is 19.1. The maximum atomic E-state index is 13.4. The van der Waals surface area contributed by atoms with E-state index in [-0.39, 0.29) is 18.0 Å². The Morgan fingerprint density at radius 1 is 1.18 bits per heavy atom. The van der Waals surface area contributed by atoms with Crippen LogP contribution in [0.5, 0.6) is 0 Å². The maximum absolute atomic E-state index is 13.4. The van der Waals surface area contributed by atoms with Gasteiger partial charge in [-0.15, -0.1) is 0 Å². The number of hydrogen-bond acceptors (Lipinski definition) is 2. The molecule has 0 amide bonds. The average Bonchev–Trinajstić information content (AvgIpc) is 2.76. The molecule has 0 radical (unpaired) electrons. The van der Waals surface area contributed by atoms with Crippen molar-refractivity contribution < 1.29 is 13.9 Å². The summed E-state index contributed by atoms with van der Waals surface area (Å²) in [6.07, 6.45) is 3.50. The minimum Gasteiger partial charge on any atom is -0.376 e. The van der Waals surface area contributed by atoms with Crippen molar-refractivity contribution in [2.45, 2.75) is 45.0 Å². The Hall–Kier alpha value is -0.930. The molecule has 1 aromatic rings. The molecule has 2 nitrogen and oxygen atoms in total. The fourth-order valence-corrected chi connectivity index (χ4v) is 2.30. The van der Waals surface area contributed by atoms with Gasteiger partial charge in [-0.3, -0.25) is 0 Å². The van der Waals surface area contributed by atoms with Crippen LogP contribution in [-0.2, 0) is 16.1 Å². The van der Waals surface area contributed by atoms with Gasteiger partial charge < -0.3 is 9.47 Å². The molecule has 0 spiro atoms. The summed E-state index contributed by atoms with van der Waals surface area (Å²) >= 11 is 0. The minimum absolute atomic E-state index is 0.120. The third-order valence-electron chi connectivity index (χ3n) is 3.18. The molecule has 94 valence electrons. The van der Waals surface area contributed by atoms with Gasteiger partial charge in [0.1, 0.15) is 5.82 Å². The molecule has 2 rings (SSSR count). The van der Waals surface area contributed by atoms with E-state index >= 15 is 0 Å².